The summed E-state index contributed by atoms with van der Waals surface area (Å²) in [6.07, 6.45) is 3.17. The van der Waals surface area contributed by atoms with Crippen molar-refractivity contribution in [2.45, 2.75) is 31.4 Å². The molecule has 30 heavy (non-hydrogen) atoms. The molecular formula is C20H19ClN4O3S2. The molecule has 1 atom stereocenters. The fourth-order valence-corrected chi connectivity index (χ4v) is 4.94. The summed E-state index contributed by atoms with van der Waals surface area (Å²) < 4.78 is 5.54. The molecule has 0 fully saturated rings. The fraction of sp³-hybridized carbons (Fsp3) is 0.300. The number of benzene rings is 1. The van der Waals surface area contributed by atoms with Crippen LogP contribution in [0.3, 0.4) is 0 Å². The van der Waals surface area contributed by atoms with E-state index >= 15 is 0 Å². The Kier molecular flexibility index (Phi) is 6.40. The minimum absolute atomic E-state index is 0.0288. The van der Waals surface area contributed by atoms with E-state index in [2.05, 4.69) is 28.0 Å². The summed E-state index contributed by atoms with van der Waals surface area (Å²) in [5.74, 6) is 0.349. The molecule has 7 nitrogen and oxygen atoms in total. The van der Waals surface area contributed by atoms with E-state index in [1.807, 2.05) is 6.07 Å². The second-order valence-corrected chi connectivity index (χ2v) is 9.58. The number of hydrazine groups is 1. The highest BCUT2D eigenvalue weighted by atomic mass is 35.5. The SMILES string of the molecule is C[C@H]1CCc2sc(C(=O)NNC(=O)CSc3nnc(-c4ccc(Cl)cc4)o3)cc2C1. The number of nitrogens with zero attached hydrogens (tertiary/aromatic N) is 2. The Balaban J connectivity index is 1.25. The number of fused-ring (bicyclic) bond motifs is 1. The number of hydrogen-bond donors (Lipinski definition) is 2. The maximum atomic E-state index is 12.3. The predicted molar refractivity (Wildman–Crippen MR) is 117 cm³/mol. The van der Waals surface area contributed by atoms with Gasteiger partial charge >= 0.3 is 0 Å². The van der Waals surface area contributed by atoms with Gasteiger partial charge in [-0.1, -0.05) is 30.3 Å². The Hall–Kier alpha value is -2.36. The van der Waals surface area contributed by atoms with Gasteiger partial charge in [0.1, 0.15) is 0 Å². The topological polar surface area (TPSA) is 97.1 Å². The molecule has 0 saturated carbocycles. The first-order chi connectivity index (χ1) is 14.5. The summed E-state index contributed by atoms with van der Waals surface area (Å²) >= 11 is 8.46. The minimum Gasteiger partial charge on any atom is -0.411 e. The third-order valence-corrected chi connectivity index (χ3v) is 7.00. The van der Waals surface area contributed by atoms with Crippen molar-refractivity contribution in [1.29, 1.82) is 0 Å². The Morgan fingerprint density at radius 1 is 1.27 bits per heavy atom. The summed E-state index contributed by atoms with van der Waals surface area (Å²) in [5.41, 5.74) is 6.89. The summed E-state index contributed by atoms with van der Waals surface area (Å²) in [7, 11) is 0. The molecule has 0 saturated heterocycles. The van der Waals surface area contributed by atoms with Crippen molar-refractivity contribution in [2.24, 2.45) is 5.92 Å². The van der Waals surface area contributed by atoms with Gasteiger partial charge in [0.05, 0.1) is 10.6 Å². The maximum Gasteiger partial charge on any atom is 0.279 e. The molecule has 2 N–H and O–H groups in total. The Morgan fingerprint density at radius 3 is 2.87 bits per heavy atom. The van der Waals surface area contributed by atoms with Gasteiger partial charge in [-0.05, 0) is 61.1 Å². The quantitative estimate of drug-likeness (QED) is 0.437. The smallest absolute Gasteiger partial charge is 0.279 e. The van der Waals surface area contributed by atoms with Gasteiger partial charge < -0.3 is 4.42 Å². The van der Waals surface area contributed by atoms with Crippen LogP contribution in [-0.2, 0) is 17.6 Å². The molecular weight excluding hydrogens is 444 g/mol. The third-order valence-electron chi connectivity index (χ3n) is 4.69. The molecule has 0 unspecified atom stereocenters. The molecule has 1 aliphatic carbocycles. The van der Waals surface area contributed by atoms with Crippen LogP contribution in [0.2, 0.25) is 5.02 Å². The summed E-state index contributed by atoms with van der Waals surface area (Å²) in [5, 5.41) is 8.76. The first-order valence-corrected chi connectivity index (χ1v) is 11.6. The number of carbonyl (C=O) groups is 2. The number of nitrogens with one attached hydrogen (secondary N) is 2. The fourth-order valence-electron chi connectivity index (χ4n) is 3.15. The van der Waals surface area contributed by atoms with E-state index in [-0.39, 0.29) is 22.8 Å². The molecule has 156 valence electrons. The van der Waals surface area contributed by atoms with Crippen LogP contribution in [0.5, 0.6) is 0 Å². The summed E-state index contributed by atoms with van der Waals surface area (Å²) in [6.45, 7) is 2.22. The third kappa shape index (κ3) is 5.03. The molecule has 0 aliphatic heterocycles. The zero-order valence-electron chi connectivity index (χ0n) is 16.1. The lowest BCUT2D eigenvalue weighted by atomic mass is 9.90. The van der Waals surface area contributed by atoms with Crippen LogP contribution in [0, 0.1) is 5.92 Å². The largest absolute Gasteiger partial charge is 0.411 e. The van der Waals surface area contributed by atoms with E-state index in [0.29, 0.717) is 21.7 Å². The van der Waals surface area contributed by atoms with Crippen molar-refractivity contribution in [3.63, 3.8) is 0 Å². The number of amides is 2. The molecule has 2 aromatic heterocycles. The van der Waals surface area contributed by atoms with E-state index in [4.69, 9.17) is 16.0 Å². The second kappa shape index (κ2) is 9.20. The first kappa shape index (κ1) is 20.9. The molecule has 1 aromatic carbocycles. The predicted octanol–water partition coefficient (Wildman–Crippen LogP) is 4.13. The van der Waals surface area contributed by atoms with E-state index < -0.39 is 0 Å². The van der Waals surface area contributed by atoms with Gasteiger partial charge in [-0.3, -0.25) is 20.4 Å². The van der Waals surface area contributed by atoms with Gasteiger partial charge in [0, 0.05) is 15.5 Å². The average Bonchev–Trinajstić information content (AvgIpc) is 3.37. The molecule has 3 aromatic rings. The maximum absolute atomic E-state index is 12.3. The molecule has 4 rings (SSSR count). The van der Waals surface area contributed by atoms with Crippen LogP contribution in [0.25, 0.3) is 11.5 Å². The van der Waals surface area contributed by atoms with Gasteiger partial charge in [-0.25, -0.2) is 0 Å². The first-order valence-electron chi connectivity index (χ1n) is 9.41. The van der Waals surface area contributed by atoms with Crippen LogP contribution in [-0.4, -0.2) is 27.8 Å². The molecule has 2 heterocycles. The normalized spacial score (nSPS) is 15.5. The van der Waals surface area contributed by atoms with Gasteiger partial charge in [-0.15, -0.1) is 21.5 Å². The summed E-state index contributed by atoms with van der Waals surface area (Å²) in [6, 6.07) is 8.94. The monoisotopic (exact) mass is 462 g/mol. The Bertz CT molecular complexity index is 1060. The highest BCUT2D eigenvalue weighted by molar-refractivity contribution is 7.99. The standard InChI is InChI=1S/C20H19ClN4O3S2/c1-11-2-7-15-13(8-11)9-16(30-15)18(27)23-22-17(26)10-29-20-25-24-19(28-20)12-3-5-14(21)6-4-12/h3-6,9,11H,2,7-8,10H2,1H3,(H,22,26)(H,23,27)/t11-/m0/s1. The molecule has 0 spiro atoms. The molecule has 2 amide bonds. The number of thiophene rings is 1. The van der Waals surface area contributed by atoms with Gasteiger partial charge in [0.25, 0.3) is 11.1 Å². The van der Waals surface area contributed by atoms with Crippen molar-refractivity contribution in [2.75, 3.05) is 5.75 Å². The average molecular weight is 463 g/mol. The lowest BCUT2D eigenvalue weighted by molar-refractivity contribution is -0.119. The number of rotatable bonds is 5. The highest BCUT2D eigenvalue weighted by Crippen LogP contribution is 2.32. The minimum atomic E-state index is -0.366. The van der Waals surface area contributed by atoms with Crippen molar-refractivity contribution < 1.29 is 14.0 Å². The van der Waals surface area contributed by atoms with Gasteiger partial charge in [-0.2, -0.15) is 0 Å². The van der Waals surface area contributed by atoms with Crippen molar-refractivity contribution >= 4 is 46.5 Å². The zero-order chi connectivity index (χ0) is 21.1. The molecule has 1 aliphatic rings. The lowest BCUT2D eigenvalue weighted by Gasteiger charge is -2.16. The number of aryl methyl sites for hydroxylation is 1. The van der Waals surface area contributed by atoms with Crippen LogP contribution >= 0.6 is 34.7 Å². The summed E-state index contributed by atoms with van der Waals surface area (Å²) in [4.78, 5) is 26.3. The van der Waals surface area contributed by atoms with E-state index in [1.54, 1.807) is 24.3 Å². The lowest BCUT2D eigenvalue weighted by Crippen LogP contribution is -2.42. The van der Waals surface area contributed by atoms with E-state index in [1.165, 1.54) is 21.8 Å². The number of halogens is 1. The van der Waals surface area contributed by atoms with Crippen LogP contribution < -0.4 is 10.9 Å². The van der Waals surface area contributed by atoms with Crippen molar-refractivity contribution in [3.05, 3.63) is 50.7 Å². The Labute approximate surface area is 186 Å². The van der Waals surface area contributed by atoms with Crippen LogP contribution in [0.1, 0.15) is 33.5 Å². The number of thioether (sulfide) groups is 1. The zero-order valence-corrected chi connectivity index (χ0v) is 18.5. The highest BCUT2D eigenvalue weighted by Gasteiger charge is 2.21. The second-order valence-electron chi connectivity index (χ2n) is 7.08. The molecule has 0 bridgehead atoms. The Morgan fingerprint density at radius 2 is 2.07 bits per heavy atom. The molecule has 10 heteroatoms. The number of aromatic nitrogens is 2. The molecule has 0 radical (unpaired) electrons. The van der Waals surface area contributed by atoms with E-state index in [9.17, 15) is 9.59 Å². The van der Waals surface area contributed by atoms with Crippen molar-refractivity contribution in [3.8, 4) is 11.5 Å². The van der Waals surface area contributed by atoms with E-state index in [0.717, 1.165) is 36.6 Å². The van der Waals surface area contributed by atoms with Crippen LogP contribution in [0.15, 0.2) is 40.0 Å². The number of hydrogen-bond acceptors (Lipinski definition) is 7. The number of carbonyl (C=O) groups excluding carboxylic acids is 2. The van der Waals surface area contributed by atoms with Gasteiger partial charge in [0.15, 0.2) is 0 Å². The van der Waals surface area contributed by atoms with Crippen molar-refractivity contribution in [1.82, 2.24) is 21.0 Å². The van der Waals surface area contributed by atoms with Gasteiger partial charge in [0.2, 0.25) is 11.8 Å². The van der Waals surface area contributed by atoms with Crippen LogP contribution in [0.4, 0.5) is 0 Å².